The molecule has 66 valence electrons. The Hall–Kier alpha value is 0.180. The lowest BCUT2D eigenvalue weighted by atomic mass is 10.2. The number of hydrogen-bond donors (Lipinski definition) is 1. The Morgan fingerprint density at radius 1 is 1.42 bits per heavy atom. The summed E-state index contributed by atoms with van der Waals surface area (Å²) in [6.45, 7) is 0. The minimum absolute atomic E-state index is 0.672. The molecule has 12 heavy (non-hydrogen) atoms. The average molecular weight is 269 g/mol. The highest BCUT2D eigenvalue weighted by atomic mass is 79.9. The van der Waals surface area contributed by atoms with Gasteiger partial charge in [0.05, 0.1) is 0 Å². The van der Waals surface area contributed by atoms with Gasteiger partial charge in [-0.05, 0) is 17.7 Å². The van der Waals surface area contributed by atoms with E-state index in [-0.39, 0.29) is 0 Å². The number of alkyl halides is 1. The van der Waals surface area contributed by atoms with Crippen LogP contribution >= 0.6 is 35.6 Å². The molecule has 0 saturated carbocycles. The molecule has 1 aromatic rings. The van der Waals surface area contributed by atoms with Crippen LogP contribution in [0.25, 0.3) is 0 Å². The van der Waals surface area contributed by atoms with Gasteiger partial charge in [-0.1, -0.05) is 28.1 Å². The van der Waals surface area contributed by atoms with E-state index in [0.29, 0.717) is 5.56 Å². The Kier molecular flexibility index (Phi) is 3.78. The molecule has 0 aliphatic heterocycles. The van der Waals surface area contributed by atoms with Gasteiger partial charge in [0, 0.05) is 4.47 Å². The third-order valence-electron chi connectivity index (χ3n) is 1.38. The van der Waals surface area contributed by atoms with Gasteiger partial charge in [-0.15, -0.1) is 11.6 Å². The van der Waals surface area contributed by atoms with E-state index < -0.39 is 13.1 Å². The van der Waals surface area contributed by atoms with Gasteiger partial charge in [-0.25, -0.2) is 0 Å². The van der Waals surface area contributed by atoms with E-state index in [1.807, 2.05) is 0 Å². The fourth-order valence-corrected chi connectivity index (χ4v) is 1.66. The Morgan fingerprint density at radius 3 is 2.33 bits per heavy atom. The summed E-state index contributed by atoms with van der Waals surface area (Å²) in [7, 11) is -2.68. The van der Waals surface area contributed by atoms with Crippen LogP contribution in [0.15, 0.2) is 28.7 Å². The van der Waals surface area contributed by atoms with E-state index in [4.69, 9.17) is 16.5 Å². The smallest absolute Gasteiger partial charge is 0.210 e. The Balaban J connectivity index is 2.89. The van der Waals surface area contributed by atoms with Gasteiger partial charge in [0.25, 0.3) is 0 Å². The fraction of sp³-hybridized carbons (Fsp3) is 0.143. The second-order valence-electron chi connectivity index (χ2n) is 2.25. The molecular formula is C7H7BrClO2P. The fourth-order valence-electron chi connectivity index (χ4n) is 0.774. The topological polar surface area (TPSA) is 37.3 Å². The minimum Gasteiger partial charge on any atom is -0.345 e. The van der Waals surface area contributed by atoms with Crippen LogP contribution in [0.2, 0.25) is 0 Å². The van der Waals surface area contributed by atoms with Gasteiger partial charge >= 0.3 is 0 Å². The minimum atomic E-state index is -2.68. The van der Waals surface area contributed by atoms with Gasteiger partial charge in [0.2, 0.25) is 8.03 Å². The molecule has 0 amide bonds. The van der Waals surface area contributed by atoms with Crippen LogP contribution in [-0.4, -0.2) is 4.89 Å². The summed E-state index contributed by atoms with van der Waals surface area (Å²) >= 11 is 8.92. The Bertz CT molecular complexity index is 288. The van der Waals surface area contributed by atoms with Crippen molar-refractivity contribution in [3.8, 4) is 0 Å². The summed E-state index contributed by atoms with van der Waals surface area (Å²) in [4.78, 5) is 8.75. The predicted octanol–water partition coefficient (Wildman–Crippen LogP) is 3.15. The van der Waals surface area contributed by atoms with Crippen LogP contribution in [0.5, 0.6) is 0 Å². The molecule has 2 nitrogen and oxygen atoms in total. The maximum absolute atomic E-state index is 10.6. The van der Waals surface area contributed by atoms with Crippen molar-refractivity contribution in [2.45, 2.75) is 5.12 Å². The first-order chi connectivity index (χ1) is 5.61. The molecule has 1 aromatic carbocycles. The molecule has 1 N–H and O–H groups in total. The third-order valence-corrected chi connectivity index (χ3v) is 3.49. The zero-order valence-corrected chi connectivity index (χ0v) is 9.34. The van der Waals surface area contributed by atoms with Gasteiger partial charge in [-0.2, -0.15) is 0 Å². The maximum atomic E-state index is 10.6. The van der Waals surface area contributed by atoms with Crippen LogP contribution in [-0.2, 0) is 4.57 Å². The van der Waals surface area contributed by atoms with Crippen molar-refractivity contribution in [2.24, 2.45) is 0 Å². The number of hydrogen-bond acceptors (Lipinski definition) is 1. The summed E-state index contributed by atoms with van der Waals surface area (Å²) in [5, 5.41) is -0.775. The normalized spacial score (nSPS) is 15.6. The summed E-state index contributed by atoms with van der Waals surface area (Å²) < 4.78 is 11.5. The second-order valence-corrected chi connectivity index (χ2v) is 5.22. The van der Waals surface area contributed by atoms with E-state index in [2.05, 4.69) is 15.9 Å². The summed E-state index contributed by atoms with van der Waals surface area (Å²) in [5.74, 6) is 0. The number of benzene rings is 1. The van der Waals surface area contributed by atoms with Crippen molar-refractivity contribution >= 4 is 35.6 Å². The predicted molar refractivity (Wildman–Crippen MR) is 54.0 cm³/mol. The molecule has 2 atom stereocenters. The van der Waals surface area contributed by atoms with E-state index in [0.717, 1.165) is 4.47 Å². The molecule has 2 unspecified atom stereocenters. The van der Waals surface area contributed by atoms with Crippen molar-refractivity contribution in [3.05, 3.63) is 34.3 Å². The summed E-state index contributed by atoms with van der Waals surface area (Å²) in [5.41, 5.74) is 0.672. The van der Waals surface area contributed by atoms with Gasteiger partial charge in [0.15, 0.2) is 0 Å². The molecule has 0 bridgehead atoms. The second kappa shape index (κ2) is 4.43. The Labute approximate surface area is 84.6 Å². The van der Waals surface area contributed by atoms with E-state index in [9.17, 15) is 4.57 Å². The number of halogens is 2. The molecule has 0 aliphatic carbocycles. The molecule has 0 saturated heterocycles. The molecule has 0 fully saturated rings. The average Bonchev–Trinajstić information content (AvgIpc) is 2.04. The quantitative estimate of drug-likeness (QED) is 0.661. The lowest BCUT2D eigenvalue weighted by molar-refractivity contribution is 0.500. The molecule has 1 rings (SSSR count). The molecular weight excluding hydrogens is 262 g/mol. The highest BCUT2D eigenvalue weighted by molar-refractivity contribution is 9.10. The monoisotopic (exact) mass is 268 g/mol. The van der Waals surface area contributed by atoms with Crippen LogP contribution in [0.4, 0.5) is 0 Å². The summed E-state index contributed by atoms with van der Waals surface area (Å²) in [6, 6.07) is 7.02. The third kappa shape index (κ3) is 2.60. The SMILES string of the molecule is O=[PH](O)C(Cl)c1ccc(Br)cc1. The first kappa shape index (κ1) is 10.3. The van der Waals surface area contributed by atoms with Crippen molar-refractivity contribution < 1.29 is 9.46 Å². The zero-order chi connectivity index (χ0) is 9.14. The lowest BCUT2D eigenvalue weighted by Crippen LogP contribution is -1.83. The molecule has 0 heterocycles. The van der Waals surface area contributed by atoms with Crippen molar-refractivity contribution in [1.82, 2.24) is 0 Å². The van der Waals surface area contributed by atoms with Gasteiger partial charge in [0.1, 0.15) is 5.12 Å². The van der Waals surface area contributed by atoms with Crippen LogP contribution in [0.3, 0.4) is 0 Å². The van der Waals surface area contributed by atoms with Crippen LogP contribution in [0.1, 0.15) is 10.7 Å². The molecule has 0 aliphatic rings. The van der Waals surface area contributed by atoms with E-state index >= 15 is 0 Å². The maximum Gasteiger partial charge on any atom is 0.210 e. The highest BCUT2D eigenvalue weighted by Gasteiger charge is 2.12. The largest absolute Gasteiger partial charge is 0.345 e. The molecule has 0 radical (unpaired) electrons. The first-order valence-electron chi connectivity index (χ1n) is 3.23. The molecule has 0 aromatic heterocycles. The van der Waals surface area contributed by atoms with Crippen molar-refractivity contribution in [2.75, 3.05) is 0 Å². The van der Waals surface area contributed by atoms with Crippen LogP contribution in [0, 0.1) is 0 Å². The zero-order valence-electron chi connectivity index (χ0n) is 6.00. The molecule has 0 spiro atoms. The number of rotatable bonds is 2. The van der Waals surface area contributed by atoms with Crippen molar-refractivity contribution in [3.63, 3.8) is 0 Å². The standard InChI is InChI=1S/C7H7BrClO2P/c8-6-3-1-5(2-4-6)7(9)12(10)11/h1-4,7,12H,(H,10,11). The molecule has 5 heteroatoms. The van der Waals surface area contributed by atoms with Crippen molar-refractivity contribution in [1.29, 1.82) is 0 Å². The first-order valence-corrected chi connectivity index (χ1v) is 5.90. The highest BCUT2D eigenvalue weighted by Crippen LogP contribution is 2.41. The van der Waals surface area contributed by atoms with E-state index in [1.54, 1.807) is 24.3 Å². The summed E-state index contributed by atoms with van der Waals surface area (Å²) in [6.07, 6.45) is 0. The van der Waals surface area contributed by atoms with Gasteiger partial charge < -0.3 is 4.89 Å². The lowest BCUT2D eigenvalue weighted by Gasteiger charge is -2.04. The van der Waals surface area contributed by atoms with Gasteiger partial charge in [-0.3, -0.25) is 4.57 Å². The Morgan fingerprint density at radius 2 is 1.92 bits per heavy atom. The van der Waals surface area contributed by atoms with Crippen LogP contribution < -0.4 is 0 Å². The van der Waals surface area contributed by atoms with E-state index in [1.165, 1.54) is 0 Å².